The topological polar surface area (TPSA) is 61.4 Å². The van der Waals surface area contributed by atoms with Crippen molar-refractivity contribution in [2.75, 3.05) is 17.2 Å². The van der Waals surface area contributed by atoms with Crippen LogP contribution in [0.15, 0.2) is 54.6 Å². The van der Waals surface area contributed by atoms with Crippen LogP contribution in [0.3, 0.4) is 0 Å². The largest absolute Gasteiger partial charge is 0.326 e. The molecule has 0 radical (unpaired) electrons. The highest BCUT2D eigenvalue weighted by Gasteiger charge is 2.65. The predicted molar refractivity (Wildman–Crippen MR) is 99.7 cm³/mol. The number of para-hydroxylation sites is 2. The van der Waals surface area contributed by atoms with Crippen LogP contribution in [0.4, 0.5) is 11.4 Å². The highest BCUT2D eigenvalue weighted by molar-refractivity contribution is 6.10. The summed E-state index contributed by atoms with van der Waals surface area (Å²) in [5.41, 5.74) is 1.67. The predicted octanol–water partition coefficient (Wildman–Crippen LogP) is 2.96. The van der Waals surface area contributed by atoms with Crippen molar-refractivity contribution >= 4 is 23.2 Å². The molecule has 2 aromatic carbocycles. The van der Waals surface area contributed by atoms with Crippen LogP contribution in [-0.4, -0.2) is 29.3 Å². The van der Waals surface area contributed by atoms with Gasteiger partial charge in [0.05, 0.1) is 5.92 Å². The van der Waals surface area contributed by atoms with Crippen molar-refractivity contribution in [3.63, 3.8) is 0 Å². The van der Waals surface area contributed by atoms with Crippen LogP contribution in [0.2, 0.25) is 0 Å². The fraction of sp³-hybridized carbons (Fsp3) is 0.333. The first-order valence-electron chi connectivity index (χ1n) is 9.25. The van der Waals surface area contributed by atoms with Crippen LogP contribution >= 0.6 is 0 Å². The zero-order chi connectivity index (χ0) is 17.7. The Kier molecular flexibility index (Phi) is 3.40. The first kappa shape index (κ1) is 15.6. The maximum absolute atomic E-state index is 13.2. The van der Waals surface area contributed by atoms with Crippen molar-refractivity contribution in [1.29, 1.82) is 0 Å². The first-order valence-corrected chi connectivity index (χ1v) is 9.25. The molecule has 1 spiro atoms. The van der Waals surface area contributed by atoms with Crippen molar-refractivity contribution in [3.8, 4) is 0 Å². The van der Waals surface area contributed by atoms with E-state index >= 15 is 0 Å². The van der Waals surface area contributed by atoms with Crippen LogP contribution in [0.25, 0.3) is 0 Å². The maximum Gasteiger partial charge on any atom is 0.250 e. The summed E-state index contributed by atoms with van der Waals surface area (Å²) in [5.74, 6) is -0.523. The standard InChI is InChI=1S/C21H21N3O2/c25-19(22-14-7-2-1-3-8-14)17-13-15-9-6-12-24(15)21(17)16-10-4-5-11-18(16)23-20(21)26/h1-5,7-8,10-11,15,17H,6,9,12-13H2,(H,22,25)(H,23,26). The molecular formula is C21H21N3O2. The monoisotopic (exact) mass is 347 g/mol. The molecule has 26 heavy (non-hydrogen) atoms. The summed E-state index contributed by atoms with van der Waals surface area (Å²) < 4.78 is 0. The molecule has 3 aliphatic heterocycles. The van der Waals surface area contributed by atoms with Crippen LogP contribution in [0.5, 0.6) is 0 Å². The van der Waals surface area contributed by atoms with Crippen LogP contribution in [0.1, 0.15) is 24.8 Å². The Morgan fingerprint density at radius 2 is 1.88 bits per heavy atom. The number of rotatable bonds is 2. The van der Waals surface area contributed by atoms with Crippen molar-refractivity contribution < 1.29 is 9.59 Å². The summed E-state index contributed by atoms with van der Waals surface area (Å²) in [7, 11) is 0. The summed E-state index contributed by atoms with van der Waals surface area (Å²) in [6.07, 6.45) is 2.85. The molecule has 5 nitrogen and oxygen atoms in total. The number of carbonyl (C=O) groups is 2. The number of carbonyl (C=O) groups excluding carboxylic acids is 2. The van der Waals surface area contributed by atoms with Gasteiger partial charge in [0.1, 0.15) is 5.54 Å². The van der Waals surface area contributed by atoms with Gasteiger partial charge in [-0.15, -0.1) is 0 Å². The van der Waals surface area contributed by atoms with Crippen molar-refractivity contribution in [2.45, 2.75) is 30.8 Å². The molecule has 5 rings (SSSR count). The molecule has 5 heteroatoms. The fourth-order valence-corrected chi connectivity index (χ4v) is 5.13. The van der Waals surface area contributed by atoms with Gasteiger partial charge in [0.25, 0.3) is 0 Å². The number of benzene rings is 2. The fourth-order valence-electron chi connectivity index (χ4n) is 5.13. The van der Waals surface area contributed by atoms with Crippen molar-refractivity contribution in [3.05, 3.63) is 60.2 Å². The summed E-state index contributed by atoms with van der Waals surface area (Å²) in [6.45, 7) is 0.863. The van der Waals surface area contributed by atoms with Crippen LogP contribution < -0.4 is 10.6 Å². The SMILES string of the molecule is O=C(Nc1ccccc1)C1CC2CCCN2C12C(=O)Nc1ccccc12. The zero-order valence-electron chi connectivity index (χ0n) is 14.4. The van der Waals surface area contributed by atoms with Gasteiger partial charge in [-0.25, -0.2) is 0 Å². The lowest BCUT2D eigenvalue weighted by atomic mass is 9.78. The average molecular weight is 347 g/mol. The summed E-state index contributed by atoms with van der Waals surface area (Å²) >= 11 is 0. The van der Waals surface area contributed by atoms with E-state index in [1.54, 1.807) is 0 Å². The Bertz CT molecular complexity index is 882. The molecule has 0 bridgehead atoms. The van der Waals surface area contributed by atoms with Crippen LogP contribution in [0, 0.1) is 5.92 Å². The molecule has 3 unspecified atom stereocenters. The number of hydrogen-bond donors (Lipinski definition) is 2. The van der Waals surface area contributed by atoms with Gasteiger partial charge < -0.3 is 10.6 Å². The highest BCUT2D eigenvalue weighted by atomic mass is 16.2. The third-order valence-electron chi connectivity index (χ3n) is 6.13. The quantitative estimate of drug-likeness (QED) is 0.878. The van der Waals surface area contributed by atoms with E-state index in [0.29, 0.717) is 6.04 Å². The van der Waals surface area contributed by atoms with Gasteiger partial charge in [-0.2, -0.15) is 0 Å². The summed E-state index contributed by atoms with van der Waals surface area (Å²) in [4.78, 5) is 28.8. The van der Waals surface area contributed by atoms with E-state index in [4.69, 9.17) is 0 Å². The summed E-state index contributed by atoms with van der Waals surface area (Å²) in [6, 6.07) is 17.6. The second-order valence-corrected chi connectivity index (χ2v) is 7.40. The Morgan fingerprint density at radius 3 is 2.73 bits per heavy atom. The molecule has 2 amide bonds. The minimum Gasteiger partial charge on any atom is -0.326 e. The number of fused-ring (bicyclic) bond motifs is 4. The van der Waals surface area contributed by atoms with Crippen molar-refractivity contribution in [2.24, 2.45) is 5.92 Å². The lowest BCUT2D eigenvalue weighted by molar-refractivity contribution is -0.135. The Morgan fingerprint density at radius 1 is 1.12 bits per heavy atom. The minimum absolute atomic E-state index is 0.0590. The minimum atomic E-state index is -0.878. The molecule has 3 heterocycles. The molecular weight excluding hydrogens is 326 g/mol. The average Bonchev–Trinajstić information content (AvgIpc) is 3.31. The van der Waals surface area contributed by atoms with Gasteiger partial charge in [0.15, 0.2) is 0 Å². The van der Waals surface area contributed by atoms with Gasteiger partial charge in [-0.05, 0) is 44.0 Å². The Hall–Kier alpha value is -2.66. The van der Waals surface area contributed by atoms with Gasteiger partial charge >= 0.3 is 0 Å². The first-order chi connectivity index (χ1) is 12.7. The molecule has 3 atom stereocenters. The maximum atomic E-state index is 13.2. The second-order valence-electron chi connectivity index (χ2n) is 7.40. The van der Waals surface area contributed by atoms with E-state index in [9.17, 15) is 9.59 Å². The molecule has 0 aromatic heterocycles. The van der Waals surface area contributed by atoms with Gasteiger partial charge in [0, 0.05) is 23.0 Å². The third kappa shape index (κ3) is 2.01. The lowest BCUT2D eigenvalue weighted by Crippen LogP contribution is -2.53. The normalized spacial score (nSPS) is 29.5. The van der Waals surface area contributed by atoms with Gasteiger partial charge in [-0.1, -0.05) is 36.4 Å². The molecule has 2 aromatic rings. The van der Waals surface area contributed by atoms with E-state index in [1.165, 1.54) is 0 Å². The van der Waals surface area contributed by atoms with Gasteiger partial charge in [-0.3, -0.25) is 14.5 Å². The van der Waals surface area contributed by atoms with E-state index in [0.717, 1.165) is 42.7 Å². The smallest absolute Gasteiger partial charge is 0.250 e. The Labute approximate surface area is 152 Å². The number of nitrogens with one attached hydrogen (secondary N) is 2. The summed E-state index contributed by atoms with van der Waals surface area (Å²) in [5, 5.41) is 6.06. The van der Waals surface area contributed by atoms with E-state index in [1.807, 2.05) is 54.6 Å². The lowest BCUT2D eigenvalue weighted by Gasteiger charge is -2.36. The molecule has 0 aliphatic carbocycles. The molecule has 0 saturated carbocycles. The van der Waals surface area contributed by atoms with Crippen LogP contribution in [-0.2, 0) is 15.1 Å². The van der Waals surface area contributed by atoms with Gasteiger partial charge in [0.2, 0.25) is 11.8 Å². The van der Waals surface area contributed by atoms with E-state index in [2.05, 4.69) is 15.5 Å². The third-order valence-corrected chi connectivity index (χ3v) is 6.13. The van der Waals surface area contributed by atoms with E-state index in [-0.39, 0.29) is 11.8 Å². The number of nitrogens with zero attached hydrogens (tertiary/aromatic N) is 1. The molecule has 2 saturated heterocycles. The molecule has 2 fully saturated rings. The molecule has 132 valence electrons. The zero-order valence-corrected chi connectivity index (χ0v) is 14.4. The number of amides is 2. The van der Waals surface area contributed by atoms with E-state index < -0.39 is 11.5 Å². The second kappa shape index (κ2) is 5.68. The molecule has 2 N–H and O–H groups in total. The molecule has 3 aliphatic rings. The highest BCUT2D eigenvalue weighted by Crippen LogP contribution is 2.55. The number of anilines is 2. The number of hydrogen-bond acceptors (Lipinski definition) is 3. The Balaban J connectivity index is 1.59. The van der Waals surface area contributed by atoms with Crippen molar-refractivity contribution in [1.82, 2.24) is 4.90 Å².